The summed E-state index contributed by atoms with van der Waals surface area (Å²) < 4.78 is 16.2. The maximum Gasteiger partial charge on any atom is 0.206 e. The topological polar surface area (TPSA) is 41.3 Å². The first kappa shape index (κ1) is 15.4. The van der Waals surface area contributed by atoms with Gasteiger partial charge in [0.15, 0.2) is 0 Å². The number of anilines is 1. The van der Waals surface area contributed by atoms with Gasteiger partial charge in [0.2, 0.25) is 5.95 Å². The monoisotopic (exact) mass is 345 g/mol. The Hall–Kier alpha value is -2.11. The summed E-state index contributed by atoms with van der Waals surface area (Å²) in [6.07, 6.45) is 0.360. The molecule has 0 bridgehead atoms. The van der Waals surface area contributed by atoms with E-state index < -0.39 is 0 Å². The molecule has 0 amide bonds. The zero-order valence-corrected chi connectivity index (χ0v) is 13.7. The number of hydrogen-bond donors (Lipinski definition) is 1. The molecule has 1 saturated heterocycles. The minimum absolute atomic E-state index is 0.300. The van der Waals surface area contributed by atoms with E-state index in [1.165, 1.54) is 6.07 Å². The van der Waals surface area contributed by atoms with Crippen molar-refractivity contribution in [2.75, 3.05) is 18.0 Å². The van der Waals surface area contributed by atoms with Crippen LogP contribution in [0.15, 0.2) is 42.5 Å². The van der Waals surface area contributed by atoms with Crippen LogP contribution in [-0.4, -0.2) is 33.9 Å². The van der Waals surface area contributed by atoms with E-state index in [0.717, 1.165) is 23.5 Å². The van der Waals surface area contributed by atoms with E-state index in [0.29, 0.717) is 30.1 Å². The van der Waals surface area contributed by atoms with Crippen LogP contribution in [0.25, 0.3) is 11.0 Å². The highest BCUT2D eigenvalue weighted by molar-refractivity contribution is 6.31. The number of β-amino-alcohol motifs (C(OH)–C–C–N with tert-alkyl or cyclic N) is 1. The van der Waals surface area contributed by atoms with Gasteiger partial charge in [-0.15, -0.1) is 0 Å². The van der Waals surface area contributed by atoms with Crippen LogP contribution in [0.3, 0.4) is 0 Å². The van der Waals surface area contributed by atoms with Crippen molar-refractivity contribution in [3.05, 3.63) is 58.9 Å². The Morgan fingerprint density at radius 1 is 1.21 bits per heavy atom. The lowest BCUT2D eigenvalue weighted by atomic mass is 10.2. The minimum Gasteiger partial charge on any atom is -0.391 e. The van der Waals surface area contributed by atoms with Crippen LogP contribution in [0.1, 0.15) is 12.0 Å². The first-order chi connectivity index (χ1) is 11.6. The van der Waals surface area contributed by atoms with Gasteiger partial charge in [0.25, 0.3) is 0 Å². The van der Waals surface area contributed by atoms with Crippen LogP contribution in [0, 0.1) is 5.82 Å². The smallest absolute Gasteiger partial charge is 0.206 e. The van der Waals surface area contributed by atoms with Gasteiger partial charge in [-0.1, -0.05) is 29.8 Å². The second kappa shape index (κ2) is 6.07. The summed E-state index contributed by atoms with van der Waals surface area (Å²) in [5.41, 5.74) is 2.22. The van der Waals surface area contributed by atoms with Crippen LogP contribution < -0.4 is 4.90 Å². The first-order valence-electron chi connectivity index (χ1n) is 7.94. The van der Waals surface area contributed by atoms with E-state index in [4.69, 9.17) is 16.6 Å². The lowest BCUT2D eigenvalue weighted by Gasteiger charge is -2.19. The van der Waals surface area contributed by atoms with Crippen LogP contribution in [0.5, 0.6) is 0 Å². The van der Waals surface area contributed by atoms with E-state index in [-0.39, 0.29) is 11.9 Å². The zero-order valence-electron chi connectivity index (χ0n) is 13.0. The second-order valence-corrected chi connectivity index (χ2v) is 6.48. The first-order valence-corrected chi connectivity index (χ1v) is 8.32. The van der Waals surface area contributed by atoms with Gasteiger partial charge in [0.1, 0.15) is 5.82 Å². The molecular weight excluding hydrogens is 329 g/mol. The minimum atomic E-state index is -0.352. The third-order valence-corrected chi connectivity index (χ3v) is 4.81. The SMILES string of the molecule is OC1CCN(c2nc3ccccc3n2Cc2c(F)cccc2Cl)C1. The molecule has 1 unspecified atom stereocenters. The molecule has 1 aromatic heterocycles. The molecule has 124 valence electrons. The number of aliphatic hydroxyl groups excluding tert-OH is 1. The van der Waals surface area contributed by atoms with Crippen molar-refractivity contribution in [2.24, 2.45) is 0 Å². The van der Waals surface area contributed by atoms with Gasteiger partial charge < -0.3 is 14.6 Å². The Morgan fingerprint density at radius 3 is 2.79 bits per heavy atom. The fourth-order valence-electron chi connectivity index (χ4n) is 3.23. The zero-order chi connectivity index (χ0) is 16.7. The van der Waals surface area contributed by atoms with E-state index >= 15 is 0 Å². The molecule has 1 atom stereocenters. The highest BCUT2D eigenvalue weighted by atomic mass is 35.5. The molecule has 6 heteroatoms. The third kappa shape index (κ3) is 2.64. The summed E-state index contributed by atoms with van der Waals surface area (Å²) in [6.45, 7) is 1.57. The van der Waals surface area contributed by atoms with Gasteiger partial charge in [0.05, 0.1) is 23.7 Å². The summed E-state index contributed by atoms with van der Waals surface area (Å²) in [5.74, 6) is 0.416. The molecule has 3 aromatic rings. The summed E-state index contributed by atoms with van der Waals surface area (Å²) >= 11 is 6.21. The predicted molar refractivity (Wildman–Crippen MR) is 93.1 cm³/mol. The molecule has 0 radical (unpaired) electrons. The fourth-order valence-corrected chi connectivity index (χ4v) is 3.45. The molecule has 24 heavy (non-hydrogen) atoms. The molecule has 1 fully saturated rings. The van der Waals surface area contributed by atoms with Crippen LogP contribution >= 0.6 is 11.6 Å². The van der Waals surface area contributed by atoms with E-state index in [2.05, 4.69) is 0 Å². The van der Waals surface area contributed by atoms with Crippen molar-refractivity contribution < 1.29 is 9.50 Å². The number of nitrogens with zero attached hydrogens (tertiary/aromatic N) is 3. The summed E-state index contributed by atoms with van der Waals surface area (Å²) in [7, 11) is 0. The normalized spacial score (nSPS) is 17.8. The predicted octanol–water partition coefficient (Wildman–Crippen LogP) is 3.45. The Balaban J connectivity index is 1.83. The number of fused-ring (bicyclic) bond motifs is 1. The number of benzene rings is 2. The number of imidazole rings is 1. The second-order valence-electron chi connectivity index (χ2n) is 6.08. The summed E-state index contributed by atoms with van der Waals surface area (Å²) in [4.78, 5) is 6.74. The largest absolute Gasteiger partial charge is 0.391 e. The van der Waals surface area contributed by atoms with Crippen LogP contribution in [0.2, 0.25) is 5.02 Å². The number of aromatic nitrogens is 2. The summed E-state index contributed by atoms with van der Waals surface area (Å²) in [5, 5.41) is 10.2. The van der Waals surface area contributed by atoms with Gasteiger partial charge in [-0.25, -0.2) is 9.37 Å². The Labute approximate surface area is 144 Å². The average molecular weight is 346 g/mol. The van der Waals surface area contributed by atoms with Crippen molar-refractivity contribution >= 4 is 28.6 Å². The van der Waals surface area contributed by atoms with Crippen molar-refractivity contribution in [1.82, 2.24) is 9.55 Å². The maximum atomic E-state index is 14.2. The molecule has 1 aliphatic heterocycles. The average Bonchev–Trinajstić information content (AvgIpc) is 3.15. The van der Waals surface area contributed by atoms with E-state index in [9.17, 15) is 9.50 Å². The Bertz CT molecular complexity index is 875. The molecule has 2 heterocycles. The number of para-hydroxylation sites is 2. The molecule has 2 aromatic carbocycles. The Morgan fingerprint density at radius 2 is 2.04 bits per heavy atom. The standard InChI is InChI=1S/C18H17ClFN3O/c19-14-4-3-5-15(20)13(14)11-23-17-7-2-1-6-16(17)21-18(23)22-9-8-12(24)10-22/h1-7,12,24H,8-11H2. The molecular formula is C18H17ClFN3O. The van der Waals surface area contributed by atoms with Crippen molar-refractivity contribution in [2.45, 2.75) is 19.1 Å². The van der Waals surface area contributed by atoms with Gasteiger partial charge in [-0.3, -0.25) is 0 Å². The molecule has 0 spiro atoms. The van der Waals surface area contributed by atoms with Crippen molar-refractivity contribution in [3.8, 4) is 0 Å². The quantitative estimate of drug-likeness (QED) is 0.790. The van der Waals surface area contributed by atoms with Crippen molar-refractivity contribution in [1.29, 1.82) is 0 Å². The van der Waals surface area contributed by atoms with E-state index in [1.54, 1.807) is 12.1 Å². The molecule has 4 nitrogen and oxygen atoms in total. The van der Waals surface area contributed by atoms with Gasteiger partial charge in [-0.2, -0.15) is 0 Å². The Kier molecular flexibility index (Phi) is 3.90. The van der Waals surface area contributed by atoms with E-state index in [1.807, 2.05) is 33.7 Å². The highest BCUT2D eigenvalue weighted by Gasteiger charge is 2.25. The maximum absolute atomic E-state index is 14.2. The number of halogens is 2. The van der Waals surface area contributed by atoms with Gasteiger partial charge in [-0.05, 0) is 30.7 Å². The lowest BCUT2D eigenvalue weighted by Crippen LogP contribution is -2.25. The molecule has 0 saturated carbocycles. The fraction of sp³-hybridized carbons (Fsp3) is 0.278. The number of hydrogen-bond acceptors (Lipinski definition) is 3. The van der Waals surface area contributed by atoms with Gasteiger partial charge >= 0.3 is 0 Å². The lowest BCUT2D eigenvalue weighted by molar-refractivity contribution is 0.198. The van der Waals surface area contributed by atoms with Crippen LogP contribution in [0.4, 0.5) is 10.3 Å². The molecule has 4 rings (SSSR count). The third-order valence-electron chi connectivity index (χ3n) is 4.46. The molecule has 0 aliphatic carbocycles. The summed E-state index contributed by atoms with van der Waals surface area (Å²) in [6, 6.07) is 12.5. The van der Waals surface area contributed by atoms with Crippen molar-refractivity contribution in [3.63, 3.8) is 0 Å². The molecule has 1 aliphatic rings. The number of rotatable bonds is 3. The highest BCUT2D eigenvalue weighted by Crippen LogP contribution is 2.29. The van der Waals surface area contributed by atoms with Gasteiger partial charge in [0, 0.05) is 23.7 Å². The number of aliphatic hydroxyl groups is 1. The van der Waals surface area contributed by atoms with Crippen LogP contribution in [-0.2, 0) is 6.54 Å². The molecule has 1 N–H and O–H groups in total.